The molecule has 1 heterocycles. The molecule has 1 fully saturated rings. The number of aromatic nitrogens is 1. The molecule has 2 atom stereocenters. The van der Waals surface area contributed by atoms with Crippen molar-refractivity contribution < 1.29 is 4.79 Å². The molecule has 0 radical (unpaired) electrons. The number of carbonyl (C=O) groups excluding carboxylic acids is 1. The number of pyridine rings is 1. The van der Waals surface area contributed by atoms with Crippen molar-refractivity contribution >= 4 is 16.6 Å². The number of rotatable bonds is 3. The molecular weight excluding hydrogens is 246 g/mol. The zero-order valence-corrected chi connectivity index (χ0v) is 12.0. The molecule has 1 aromatic carbocycles. The van der Waals surface area contributed by atoms with Crippen LogP contribution in [0.4, 0.5) is 0 Å². The first kappa shape index (κ1) is 13.3. The van der Waals surface area contributed by atoms with Crippen molar-refractivity contribution in [1.82, 2.24) is 4.98 Å². The summed E-state index contributed by atoms with van der Waals surface area (Å²) in [4.78, 5) is 17.0. The summed E-state index contributed by atoms with van der Waals surface area (Å²) in [7, 11) is 0. The molecule has 104 valence electrons. The molecular formula is C18H21NO. The smallest absolute Gasteiger partial charge is 0.166 e. The second-order valence-electron chi connectivity index (χ2n) is 5.90. The third-order valence-electron chi connectivity index (χ3n) is 4.68. The topological polar surface area (TPSA) is 30.0 Å². The van der Waals surface area contributed by atoms with E-state index in [0.29, 0.717) is 5.78 Å². The normalized spacial score (nSPS) is 22.9. The Bertz CT molecular complexity index is 614. The van der Waals surface area contributed by atoms with Gasteiger partial charge in [-0.2, -0.15) is 0 Å². The summed E-state index contributed by atoms with van der Waals surface area (Å²) in [6.45, 7) is 2.24. The van der Waals surface area contributed by atoms with Crippen LogP contribution >= 0.6 is 0 Å². The first-order valence-corrected chi connectivity index (χ1v) is 7.66. The van der Waals surface area contributed by atoms with Crippen LogP contribution in [0, 0.1) is 11.8 Å². The van der Waals surface area contributed by atoms with Gasteiger partial charge in [0.15, 0.2) is 5.78 Å². The van der Waals surface area contributed by atoms with E-state index in [1.807, 2.05) is 30.5 Å². The molecule has 1 aromatic heterocycles. The lowest BCUT2D eigenvalue weighted by Crippen LogP contribution is -2.23. The monoisotopic (exact) mass is 267 g/mol. The van der Waals surface area contributed by atoms with Crippen LogP contribution in [-0.4, -0.2) is 10.8 Å². The van der Waals surface area contributed by atoms with E-state index in [1.54, 1.807) is 6.20 Å². The average molecular weight is 267 g/mol. The molecule has 2 aromatic rings. The Labute approximate surface area is 120 Å². The molecule has 0 saturated heterocycles. The van der Waals surface area contributed by atoms with Crippen LogP contribution < -0.4 is 0 Å². The molecule has 0 spiro atoms. The Balaban J connectivity index is 1.92. The summed E-state index contributed by atoms with van der Waals surface area (Å²) < 4.78 is 0. The van der Waals surface area contributed by atoms with Gasteiger partial charge < -0.3 is 0 Å². The van der Waals surface area contributed by atoms with E-state index in [0.717, 1.165) is 35.1 Å². The predicted octanol–water partition coefficient (Wildman–Crippen LogP) is 4.63. The van der Waals surface area contributed by atoms with Gasteiger partial charge in [-0.05, 0) is 30.2 Å². The Morgan fingerprint density at radius 3 is 3.05 bits per heavy atom. The lowest BCUT2D eigenvalue weighted by atomic mass is 9.76. The van der Waals surface area contributed by atoms with Crippen molar-refractivity contribution in [3.05, 3.63) is 42.2 Å². The van der Waals surface area contributed by atoms with Gasteiger partial charge in [-0.25, -0.2) is 0 Å². The number of fused-ring (bicyclic) bond motifs is 1. The van der Waals surface area contributed by atoms with Gasteiger partial charge in [0.2, 0.25) is 0 Å². The molecule has 0 bridgehead atoms. The Kier molecular flexibility index (Phi) is 3.81. The van der Waals surface area contributed by atoms with Crippen LogP contribution in [0.5, 0.6) is 0 Å². The minimum absolute atomic E-state index is 0.208. The molecule has 2 unspecified atom stereocenters. The number of benzene rings is 1. The average Bonchev–Trinajstić information content (AvgIpc) is 2.53. The number of ketones is 1. The van der Waals surface area contributed by atoms with Crippen molar-refractivity contribution in [3.63, 3.8) is 0 Å². The van der Waals surface area contributed by atoms with E-state index < -0.39 is 0 Å². The minimum Gasteiger partial charge on any atom is -0.294 e. The predicted molar refractivity (Wildman–Crippen MR) is 81.8 cm³/mol. The lowest BCUT2D eigenvalue weighted by molar-refractivity contribution is 0.0864. The highest BCUT2D eigenvalue weighted by molar-refractivity contribution is 6.08. The van der Waals surface area contributed by atoms with Crippen LogP contribution in [0.2, 0.25) is 0 Å². The van der Waals surface area contributed by atoms with Crippen LogP contribution in [0.25, 0.3) is 10.8 Å². The van der Waals surface area contributed by atoms with E-state index in [2.05, 4.69) is 11.9 Å². The summed E-state index contributed by atoms with van der Waals surface area (Å²) in [6.07, 6.45) is 9.39. The zero-order chi connectivity index (χ0) is 13.9. The second kappa shape index (κ2) is 5.74. The molecule has 1 saturated carbocycles. The fourth-order valence-electron chi connectivity index (χ4n) is 3.45. The summed E-state index contributed by atoms with van der Waals surface area (Å²) in [6, 6.07) is 7.96. The first-order chi connectivity index (χ1) is 9.79. The lowest BCUT2D eigenvalue weighted by Gasteiger charge is -2.27. The number of nitrogens with zero attached hydrogens (tertiary/aromatic N) is 1. The Hall–Kier alpha value is -1.70. The van der Waals surface area contributed by atoms with Gasteiger partial charge in [0, 0.05) is 29.3 Å². The van der Waals surface area contributed by atoms with Gasteiger partial charge >= 0.3 is 0 Å². The molecule has 2 heteroatoms. The minimum atomic E-state index is 0.208. The molecule has 3 rings (SSSR count). The molecule has 0 amide bonds. The van der Waals surface area contributed by atoms with Crippen LogP contribution in [0.3, 0.4) is 0 Å². The molecule has 0 N–H and O–H groups in total. The standard InChI is InChI=1S/C18H21NO/c1-2-13-5-3-7-15(11-13)18(20)16-8-4-6-14-9-10-19-12-17(14)16/h4,6,8-10,12-13,15H,2-3,5,7,11H2,1H3. The number of Topliss-reactive ketones (excluding diaryl/α,β-unsaturated/α-hetero) is 1. The molecule has 1 aliphatic carbocycles. The van der Waals surface area contributed by atoms with E-state index in [1.165, 1.54) is 19.3 Å². The van der Waals surface area contributed by atoms with Crippen molar-refractivity contribution in [2.75, 3.05) is 0 Å². The maximum absolute atomic E-state index is 12.8. The number of hydrogen-bond donors (Lipinski definition) is 0. The van der Waals surface area contributed by atoms with E-state index in [4.69, 9.17) is 0 Å². The third kappa shape index (κ3) is 2.47. The van der Waals surface area contributed by atoms with E-state index >= 15 is 0 Å². The van der Waals surface area contributed by atoms with Gasteiger partial charge in [0.25, 0.3) is 0 Å². The summed E-state index contributed by atoms with van der Waals surface area (Å²) in [5.41, 5.74) is 0.859. The maximum atomic E-state index is 12.8. The van der Waals surface area contributed by atoms with Gasteiger partial charge in [-0.15, -0.1) is 0 Å². The summed E-state index contributed by atoms with van der Waals surface area (Å²) in [5, 5.41) is 2.10. The largest absolute Gasteiger partial charge is 0.294 e. The highest BCUT2D eigenvalue weighted by atomic mass is 16.1. The van der Waals surface area contributed by atoms with E-state index in [9.17, 15) is 4.79 Å². The fourth-order valence-corrected chi connectivity index (χ4v) is 3.45. The van der Waals surface area contributed by atoms with Crippen molar-refractivity contribution in [1.29, 1.82) is 0 Å². The molecule has 0 aliphatic heterocycles. The van der Waals surface area contributed by atoms with Crippen LogP contribution in [0.15, 0.2) is 36.7 Å². The highest BCUT2D eigenvalue weighted by Gasteiger charge is 2.27. The van der Waals surface area contributed by atoms with Crippen molar-refractivity contribution in [2.45, 2.75) is 39.0 Å². The Morgan fingerprint density at radius 1 is 1.30 bits per heavy atom. The number of carbonyl (C=O) groups is 1. The van der Waals surface area contributed by atoms with E-state index in [-0.39, 0.29) is 5.92 Å². The van der Waals surface area contributed by atoms with Crippen LogP contribution in [0.1, 0.15) is 49.4 Å². The molecule has 2 nitrogen and oxygen atoms in total. The van der Waals surface area contributed by atoms with Gasteiger partial charge in [-0.3, -0.25) is 9.78 Å². The van der Waals surface area contributed by atoms with Crippen molar-refractivity contribution in [2.24, 2.45) is 11.8 Å². The van der Waals surface area contributed by atoms with Crippen molar-refractivity contribution in [3.8, 4) is 0 Å². The summed E-state index contributed by atoms with van der Waals surface area (Å²) in [5.74, 6) is 1.26. The van der Waals surface area contributed by atoms with Gasteiger partial charge in [0.05, 0.1) is 0 Å². The second-order valence-corrected chi connectivity index (χ2v) is 5.90. The highest BCUT2D eigenvalue weighted by Crippen LogP contribution is 2.34. The quantitative estimate of drug-likeness (QED) is 0.759. The Morgan fingerprint density at radius 2 is 2.20 bits per heavy atom. The maximum Gasteiger partial charge on any atom is 0.166 e. The number of hydrogen-bond acceptors (Lipinski definition) is 2. The van der Waals surface area contributed by atoms with Gasteiger partial charge in [0.1, 0.15) is 0 Å². The molecule has 20 heavy (non-hydrogen) atoms. The first-order valence-electron chi connectivity index (χ1n) is 7.66. The molecule has 1 aliphatic rings. The summed E-state index contributed by atoms with van der Waals surface area (Å²) >= 11 is 0. The van der Waals surface area contributed by atoms with Gasteiger partial charge in [-0.1, -0.05) is 44.4 Å². The SMILES string of the molecule is CCC1CCCC(C(=O)c2cccc3ccncc23)C1. The third-order valence-corrected chi connectivity index (χ3v) is 4.68. The van der Waals surface area contributed by atoms with Crippen LogP contribution in [-0.2, 0) is 0 Å². The zero-order valence-electron chi connectivity index (χ0n) is 12.0. The fraction of sp³-hybridized carbons (Fsp3) is 0.444.